The van der Waals surface area contributed by atoms with E-state index in [1.807, 2.05) is 6.26 Å². The van der Waals surface area contributed by atoms with Crippen molar-refractivity contribution in [3.8, 4) is 5.75 Å². The van der Waals surface area contributed by atoms with Gasteiger partial charge in [-0.2, -0.15) is 11.8 Å². The molecule has 0 aromatic heterocycles. The Morgan fingerprint density at radius 3 is 2.77 bits per heavy atom. The summed E-state index contributed by atoms with van der Waals surface area (Å²) < 4.78 is 10.7. The monoisotopic (exact) mass is 409 g/mol. The highest BCUT2D eigenvalue weighted by Crippen LogP contribution is 2.27. The molecule has 0 saturated carbocycles. The summed E-state index contributed by atoms with van der Waals surface area (Å²) >= 11 is 10.7. The summed E-state index contributed by atoms with van der Waals surface area (Å²) in [5, 5.41) is 3.17. The van der Waals surface area contributed by atoms with Crippen molar-refractivity contribution in [3.05, 3.63) is 27.7 Å². The Labute approximate surface area is 147 Å². The van der Waals surface area contributed by atoms with E-state index in [9.17, 15) is 9.59 Å². The molecule has 0 aliphatic heterocycles. The van der Waals surface area contributed by atoms with Gasteiger partial charge in [-0.3, -0.25) is 4.79 Å². The SMILES string of the molecule is COC(=O)[C@H](CCSC)NC(=O)COc1ccc(Cl)cc1Br. The maximum atomic E-state index is 11.9. The van der Waals surface area contributed by atoms with Crippen molar-refractivity contribution < 1.29 is 19.1 Å². The van der Waals surface area contributed by atoms with E-state index < -0.39 is 17.9 Å². The molecule has 1 atom stereocenters. The summed E-state index contributed by atoms with van der Waals surface area (Å²) in [5.74, 6) is 0.385. The zero-order chi connectivity index (χ0) is 16.5. The van der Waals surface area contributed by atoms with Gasteiger partial charge in [0.1, 0.15) is 11.8 Å². The smallest absolute Gasteiger partial charge is 0.328 e. The number of rotatable bonds is 8. The molecular weight excluding hydrogens is 394 g/mol. The van der Waals surface area contributed by atoms with Crippen molar-refractivity contribution in [3.63, 3.8) is 0 Å². The third-order valence-electron chi connectivity index (χ3n) is 2.68. The number of methoxy groups -OCH3 is 1. The van der Waals surface area contributed by atoms with Crippen LogP contribution < -0.4 is 10.1 Å². The summed E-state index contributed by atoms with van der Waals surface area (Å²) in [6.45, 7) is -0.201. The predicted molar refractivity (Wildman–Crippen MR) is 91.6 cm³/mol. The third-order valence-corrected chi connectivity index (χ3v) is 4.18. The maximum absolute atomic E-state index is 11.9. The Bertz CT molecular complexity index is 530. The van der Waals surface area contributed by atoms with Gasteiger partial charge in [0.15, 0.2) is 6.61 Å². The number of carbonyl (C=O) groups is 2. The number of thioether (sulfide) groups is 1. The number of amides is 1. The number of esters is 1. The van der Waals surface area contributed by atoms with Gasteiger partial charge in [-0.05, 0) is 52.6 Å². The fourth-order valence-electron chi connectivity index (χ4n) is 1.60. The molecule has 0 heterocycles. The fraction of sp³-hybridized carbons (Fsp3) is 0.429. The highest BCUT2D eigenvalue weighted by atomic mass is 79.9. The molecule has 122 valence electrons. The van der Waals surface area contributed by atoms with Crippen LogP contribution in [0.25, 0.3) is 0 Å². The molecule has 0 radical (unpaired) electrons. The Morgan fingerprint density at radius 2 is 2.18 bits per heavy atom. The second kappa shape index (κ2) is 9.97. The highest BCUT2D eigenvalue weighted by molar-refractivity contribution is 9.10. The lowest BCUT2D eigenvalue weighted by Gasteiger charge is -2.16. The van der Waals surface area contributed by atoms with Crippen LogP contribution in [0.5, 0.6) is 5.75 Å². The molecule has 0 aliphatic carbocycles. The van der Waals surface area contributed by atoms with Crippen LogP contribution in [0.3, 0.4) is 0 Å². The van der Waals surface area contributed by atoms with Gasteiger partial charge >= 0.3 is 5.97 Å². The molecule has 22 heavy (non-hydrogen) atoms. The molecule has 0 bridgehead atoms. The van der Waals surface area contributed by atoms with E-state index in [4.69, 9.17) is 16.3 Å². The number of hydrogen-bond acceptors (Lipinski definition) is 5. The molecule has 5 nitrogen and oxygen atoms in total. The number of hydrogen-bond donors (Lipinski definition) is 1. The van der Waals surface area contributed by atoms with Gasteiger partial charge in [0.05, 0.1) is 11.6 Å². The first kappa shape index (κ1) is 19.1. The second-order valence-corrected chi connectivity index (χ2v) is 6.56. The van der Waals surface area contributed by atoms with Gasteiger partial charge < -0.3 is 14.8 Å². The van der Waals surface area contributed by atoms with Crippen LogP contribution in [0.1, 0.15) is 6.42 Å². The summed E-state index contributed by atoms with van der Waals surface area (Å²) in [5.41, 5.74) is 0. The van der Waals surface area contributed by atoms with Crippen LogP contribution in [-0.4, -0.2) is 43.6 Å². The van der Waals surface area contributed by atoms with Crippen LogP contribution in [0, 0.1) is 0 Å². The number of halogens is 2. The molecule has 0 saturated heterocycles. The molecule has 1 aromatic carbocycles. The fourth-order valence-corrected chi connectivity index (χ4v) is 2.87. The molecule has 1 N–H and O–H groups in total. The van der Waals surface area contributed by atoms with Gasteiger partial charge in [0.25, 0.3) is 5.91 Å². The summed E-state index contributed by atoms with van der Waals surface area (Å²) in [6, 6.07) is 4.33. The molecule has 0 aliphatic rings. The zero-order valence-corrected chi connectivity index (χ0v) is 15.4. The molecule has 1 aromatic rings. The number of benzene rings is 1. The van der Waals surface area contributed by atoms with Crippen LogP contribution in [0.15, 0.2) is 22.7 Å². The summed E-state index contributed by atoms with van der Waals surface area (Å²) in [4.78, 5) is 23.5. The lowest BCUT2D eigenvalue weighted by Crippen LogP contribution is -2.43. The van der Waals surface area contributed by atoms with E-state index >= 15 is 0 Å². The average Bonchev–Trinajstić information content (AvgIpc) is 2.49. The summed E-state index contributed by atoms with van der Waals surface area (Å²) in [7, 11) is 1.29. The minimum Gasteiger partial charge on any atom is -0.483 e. The topological polar surface area (TPSA) is 64.6 Å². The Morgan fingerprint density at radius 1 is 1.45 bits per heavy atom. The van der Waals surface area contributed by atoms with Crippen LogP contribution in [0.4, 0.5) is 0 Å². The van der Waals surface area contributed by atoms with Gasteiger partial charge in [0, 0.05) is 5.02 Å². The van der Waals surface area contributed by atoms with Gasteiger partial charge in [-0.1, -0.05) is 11.6 Å². The van der Waals surface area contributed by atoms with E-state index in [1.165, 1.54) is 7.11 Å². The second-order valence-electron chi connectivity index (χ2n) is 4.29. The van der Waals surface area contributed by atoms with Crippen molar-refractivity contribution in [1.29, 1.82) is 0 Å². The molecular formula is C14H17BrClNO4S. The van der Waals surface area contributed by atoms with Crippen LogP contribution in [0.2, 0.25) is 5.02 Å². The van der Waals surface area contributed by atoms with E-state index in [-0.39, 0.29) is 6.61 Å². The first-order chi connectivity index (χ1) is 10.5. The largest absolute Gasteiger partial charge is 0.483 e. The quantitative estimate of drug-likeness (QED) is 0.668. The molecule has 1 amide bonds. The van der Waals surface area contributed by atoms with Crippen molar-refractivity contribution in [2.24, 2.45) is 0 Å². The maximum Gasteiger partial charge on any atom is 0.328 e. The Kier molecular flexibility index (Phi) is 8.67. The van der Waals surface area contributed by atoms with Crippen molar-refractivity contribution in [2.75, 3.05) is 25.7 Å². The van der Waals surface area contributed by atoms with Gasteiger partial charge in [0.2, 0.25) is 0 Å². The first-order valence-corrected chi connectivity index (χ1v) is 8.98. The summed E-state index contributed by atoms with van der Waals surface area (Å²) in [6.07, 6.45) is 2.43. The average molecular weight is 411 g/mol. The van der Waals surface area contributed by atoms with Crippen LogP contribution >= 0.6 is 39.3 Å². The zero-order valence-electron chi connectivity index (χ0n) is 12.2. The Balaban J connectivity index is 2.54. The van der Waals surface area contributed by atoms with Crippen molar-refractivity contribution >= 4 is 51.2 Å². The minimum absolute atomic E-state index is 0.201. The van der Waals surface area contributed by atoms with Gasteiger partial charge in [-0.15, -0.1) is 0 Å². The number of carbonyl (C=O) groups excluding carboxylic acids is 2. The highest BCUT2D eigenvalue weighted by Gasteiger charge is 2.21. The van der Waals surface area contributed by atoms with Crippen molar-refractivity contribution in [2.45, 2.75) is 12.5 Å². The van der Waals surface area contributed by atoms with E-state index in [2.05, 4.69) is 26.0 Å². The molecule has 0 spiro atoms. The predicted octanol–water partition coefficient (Wildman–Crippen LogP) is 2.89. The van der Waals surface area contributed by atoms with Crippen LogP contribution in [-0.2, 0) is 14.3 Å². The number of ether oxygens (including phenoxy) is 2. The molecule has 8 heteroatoms. The third kappa shape index (κ3) is 6.46. The van der Waals surface area contributed by atoms with Gasteiger partial charge in [-0.25, -0.2) is 4.79 Å². The van der Waals surface area contributed by atoms with E-state index in [1.54, 1.807) is 30.0 Å². The van der Waals surface area contributed by atoms with Crippen molar-refractivity contribution in [1.82, 2.24) is 5.32 Å². The minimum atomic E-state index is -0.665. The standard InChI is InChI=1S/C14H17BrClNO4S/c1-20-14(19)11(5-6-22-2)17-13(18)8-21-12-4-3-9(16)7-10(12)15/h3-4,7,11H,5-6,8H2,1-2H3,(H,17,18)/t11-/m0/s1. The Hall–Kier alpha value is -0.920. The van der Waals surface area contributed by atoms with E-state index in [0.717, 1.165) is 5.75 Å². The number of nitrogens with one attached hydrogen (secondary N) is 1. The first-order valence-electron chi connectivity index (χ1n) is 6.42. The normalized spacial score (nSPS) is 11.6. The molecule has 0 fully saturated rings. The molecule has 0 unspecified atom stereocenters. The van der Waals surface area contributed by atoms with E-state index in [0.29, 0.717) is 21.7 Å². The lowest BCUT2D eigenvalue weighted by atomic mass is 10.2. The molecule has 1 rings (SSSR count). The lowest BCUT2D eigenvalue weighted by molar-refractivity contribution is -0.145.